The summed E-state index contributed by atoms with van der Waals surface area (Å²) in [6.45, 7) is 5.44. The maximum atomic E-state index is 11.1. The molecule has 1 rings (SSSR count). The fourth-order valence-corrected chi connectivity index (χ4v) is 1.41. The van der Waals surface area contributed by atoms with Gasteiger partial charge in [-0.1, -0.05) is 13.3 Å². The minimum Gasteiger partial charge on any atom is -0.481 e. The maximum Gasteiger partial charge on any atom is 0.315 e. The van der Waals surface area contributed by atoms with Crippen LogP contribution in [0.1, 0.15) is 38.6 Å². The summed E-state index contributed by atoms with van der Waals surface area (Å²) in [4.78, 5) is 11.1. The van der Waals surface area contributed by atoms with E-state index in [-0.39, 0.29) is 0 Å². The van der Waals surface area contributed by atoms with Gasteiger partial charge >= 0.3 is 5.97 Å². The fourth-order valence-electron chi connectivity index (χ4n) is 1.41. The number of aryl methyl sites for hydroxylation is 2. The summed E-state index contributed by atoms with van der Waals surface area (Å²) in [5.74, 6) is -0.844. The van der Waals surface area contributed by atoms with Gasteiger partial charge in [-0.25, -0.2) is 0 Å². The molecule has 0 saturated carbocycles. The molecule has 1 aromatic heterocycles. The quantitative estimate of drug-likeness (QED) is 0.823. The number of rotatable bonds is 4. The summed E-state index contributed by atoms with van der Waals surface area (Å²) in [5.41, 5.74) is 0.798. The number of hydrogen-bond donors (Lipinski definition) is 1. The molecular formula is C11H18N2O2. The molecule has 0 fully saturated rings. The second-order valence-corrected chi connectivity index (χ2v) is 4.32. The molecule has 0 unspecified atom stereocenters. The molecule has 4 nitrogen and oxygen atoms in total. The summed E-state index contributed by atoms with van der Waals surface area (Å²) in [6, 6.07) is 1.89. The van der Waals surface area contributed by atoms with E-state index in [9.17, 15) is 4.79 Å². The van der Waals surface area contributed by atoms with Crippen LogP contribution in [0.15, 0.2) is 6.07 Å². The molecule has 0 atom stereocenters. The highest BCUT2D eigenvalue weighted by molar-refractivity contribution is 5.79. The van der Waals surface area contributed by atoms with Crippen LogP contribution in [-0.2, 0) is 23.7 Å². The largest absolute Gasteiger partial charge is 0.481 e. The van der Waals surface area contributed by atoms with E-state index in [0.29, 0.717) is 5.69 Å². The van der Waals surface area contributed by atoms with Crippen molar-refractivity contribution in [2.75, 3.05) is 0 Å². The van der Waals surface area contributed by atoms with Crippen LogP contribution < -0.4 is 0 Å². The summed E-state index contributed by atoms with van der Waals surface area (Å²) >= 11 is 0. The van der Waals surface area contributed by atoms with Crippen molar-refractivity contribution in [3.63, 3.8) is 0 Å². The third kappa shape index (κ3) is 2.19. The fraction of sp³-hybridized carbons (Fsp3) is 0.636. The van der Waals surface area contributed by atoms with Crippen LogP contribution in [-0.4, -0.2) is 20.9 Å². The van der Waals surface area contributed by atoms with E-state index >= 15 is 0 Å². The van der Waals surface area contributed by atoms with E-state index < -0.39 is 11.4 Å². The molecule has 1 aromatic rings. The lowest BCUT2D eigenvalue weighted by Gasteiger charge is -2.15. The van der Waals surface area contributed by atoms with Crippen LogP contribution in [0.25, 0.3) is 0 Å². The molecule has 84 valence electrons. The predicted molar refractivity (Wildman–Crippen MR) is 57.9 cm³/mol. The van der Waals surface area contributed by atoms with Crippen molar-refractivity contribution in [2.45, 2.75) is 39.0 Å². The van der Waals surface area contributed by atoms with Crippen LogP contribution >= 0.6 is 0 Å². The lowest BCUT2D eigenvalue weighted by atomic mass is 9.89. The predicted octanol–water partition coefficient (Wildman–Crippen LogP) is 1.73. The van der Waals surface area contributed by atoms with Crippen molar-refractivity contribution in [3.05, 3.63) is 17.5 Å². The van der Waals surface area contributed by atoms with E-state index in [0.717, 1.165) is 18.5 Å². The van der Waals surface area contributed by atoms with Crippen molar-refractivity contribution in [3.8, 4) is 0 Å². The average Bonchev–Trinajstić information content (AvgIpc) is 2.49. The Kier molecular flexibility index (Phi) is 3.17. The van der Waals surface area contributed by atoms with Gasteiger partial charge in [-0.05, 0) is 26.3 Å². The van der Waals surface area contributed by atoms with Crippen molar-refractivity contribution < 1.29 is 9.90 Å². The molecule has 0 bridgehead atoms. The van der Waals surface area contributed by atoms with Gasteiger partial charge in [0.25, 0.3) is 0 Å². The Labute approximate surface area is 89.9 Å². The van der Waals surface area contributed by atoms with Gasteiger partial charge < -0.3 is 5.11 Å². The Balaban J connectivity index is 3.06. The van der Waals surface area contributed by atoms with Gasteiger partial charge in [0.05, 0.1) is 5.69 Å². The van der Waals surface area contributed by atoms with Gasteiger partial charge in [-0.15, -0.1) is 0 Å². The second kappa shape index (κ2) is 4.04. The average molecular weight is 210 g/mol. The Bertz CT molecular complexity index is 367. The summed E-state index contributed by atoms with van der Waals surface area (Å²) in [6.07, 6.45) is 1.96. The molecule has 0 aliphatic rings. The third-order valence-corrected chi connectivity index (χ3v) is 2.66. The van der Waals surface area contributed by atoms with Crippen LogP contribution in [0.5, 0.6) is 0 Å². The number of carbonyl (C=O) groups is 1. The molecule has 1 heterocycles. The number of aliphatic carboxylic acids is 1. The third-order valence-electron chi connectivity index (χ3n) is 2.66. The highest BCUT2D eigenvalue weighted by Gasteiger charge is 2.32. The van der Waals surface area contributed by atoms with Gasteiger partial charge in [0, 0.05) is 12.7 Å². The molecular weight excluding hydrogens is 192 g/mol. The van der Waals surface area contributed by atoms with Gasteiger partial charge in [0.15, 0.2) is 0 Å². The number of carboxylic acids is 1. The molecule has 0 aromatic carbocycles. The Morgan fingerprint density at radius 2 is 2.20 bits per heavy atom. The number of nitrogens with zero attached hydrogens (tertiary/aromatic N) is 2. The van der Waals surface area contributed by atoms with E-state index in [4.69, 9.17) is 5.11 Å². The maximum absolute atomic E-state index is 11.1. The number of hydrogen-bond acceptors (Lipinski definition) is 2. The van der Waals surface area contributed by atoms with Crippen molar-refractivity contribution in [2.24, 2.45) is 7.05 Å². The SMILES string of the molecule is CCCc1cc(C(C)(C)C(=O)O)nn1C. The highest BCUT2D eigenvalue weighted by atomic mass is 16.4. The first-order chi connectivity index (χ1) is 6.89. The number of aromatic nitrogens is 2. The molecule has 0 spiro atoms. The van der Waals surface area contributed by atoms with E-state index in [2.05, 4.69) is 12.0 Å². The smallest absolute Gasteiger partial charge is 0.315 e. The Morgan fingerprint density at radius 3 is 2.67 bits per heavy atom. The lowest BCUT2D eigenvalue weighted by Crippen LogP contribution is -2.29. The van der Waals surface area contributed by atoms with Crippen LogP contribution in [0.2, 0.25) is 0 Å². The standard InChI is InChI=1S/C11H18N2O2/c1-5-6-8-7-9(12-13(8)4)11(2,3)10(14)15/h7H,5-6H2,1-4H3,(H,14,15). The van der Waals surface area contributed by atoms with Crippen LogP contribution in [0.3, 0.4) is 0 Å². The van der Waals surface area contributed by atoms with Gasteiger partial charge in [-0.2, -0.15) is 5.10 Å². The minimum absolute atomic E-state index is 0.626. The first-order valence-corrected chi connectivity index (χ1v) is 5.16. The van der Waals surface area contributed by atoms with Gasteiger partial charge in [0.2, 0.25) is 0 Å². The highest BCUT2D eigenvalue weighted by Crippen LogP contribution is 2.23. The molecule has 0 saturated heterocycles. The van der Waals surface area contributed by atoms with E-state index in [1.165, 1.54) is 0 Å². The van der Waals surface area contributed by atoms with Crippen molar-refractivity contribution in [1.82, 2.24) is 9.78 Å². The van der Waals surface area contributed by atoms with E-state index in [1.807, 2.05) is 13.1 Å². The van der Waals surface area contributed by atoms with Gasteiger partial charge in [0.1, 0.15) is 5.41 Å². The monoisotopic (exact) mass is 210 g/mol. The summed E-state index contributed by atoms with van der Waals surface area (Å²) in [5, 5.41) is 13.3. The molecule has 0 amide bonds. The molecule has 0 aliphatic heterocycles. The zero-order valence-corrected chi connectivity index (χ0v) is 9.74. The Morgan fingerprint density at radius 1 is 1.60 bits per heavy atom. The van der Waals surface area contributed by atoms with Gasteiger partial charge in [-0.3, -0.25) is 9.48 Å². The molecule has 0 aliphatic carbocycles. The Hall–Kier alpha value is -1.32. The minimum atomic E-state index is -0.913. The molecule has 15 heavy (non-hydrogen) atoms. The van der Waals surface area contributed by atoms with Crippen LogP contribution in [0, 0.1) is 0 Å². The first-order valence-electron chi connectivity index (χ1n) is 5.16. The number of carboxylic acid groups (broad SMARTS) is 1. The molecule has 0 radical (unpaired) electrons. The van der Waals surface area contributed by atoms with E-state index in [1.54, 1.807) is 18.5 Å². The van der Waals surface area contributed by atoms with Crippen molar-refractivity contribution >= 4 is 5.97 Å². The second-order valence-electron chi connectivity index (χ2n) is 4.32. The first kappa shape index (κ1) is 11.8. The lowest BCUT2D eigenvalue weighted by molar-refractivity contribution is -0.142. The molecule has 1 N–H and O–H groups in total. The zero-order valence-electron chi connectivity index (χ0n) is 9.74. The summed E-state index contributed by atoms with van der Waals surface area (Å²) in [7, 11) is 1.85. The molecule has 4 heteroatoms. The topological polar surface area (TPSA) is 55.1 Å². The normalized spacial score (nSPS) is 11.7. The van der Waals surface area contributed by atoms with Crippen LogP contribution in [0.4, 0.5) is 0 Å². The zero-order chi connectivity index (χ0) is 11.6. The summed E-state index contributed by atoms with van der Waals surface area (Å²) < 4.78 is 1.77. The van der Waals surface area contributed by atoms with Crippen molar-refractivity contribution in [1.29, 1.82) is 0 Å².